The smallest absolute Gasteiger partial charge is 0.0846 e. The zero-order valence-electron chi connectivity index (χ0n) is 13.9. The maximum Gasteiger partial charge on any atom is 0.0846 e. The maximum atomic E-state index is 6.48. The number of nitrogen functional groups attached to an aromatic ring is 1. The van der Waals surface area contributed by atoms with Gasteiger partial charge in [-0.05, 0) is 41.5 Å². The molecule has 0 radical (unpaired) electrons. The number of anilines is 2. The number of hydrazone groups is 1. The quantitative estimate of drug-likeness (QED) is 0.571. The zero-order valence-corrected chi connectivity index (χ0v) is 15.5. The molecule has 0 saturated heterocycles. The van der Waals surface area contributed by atoms with Crippen LogP contribution in [0, 0.1) is 0 Å². The van der Waals surface area contributed by atoms with Crippen LogP contribution < -0.4 is 10.7 Å². The Kier molecular flexibility index (Phi) is 4.58. The van der Waals surface area contributed by atoms with Crippen molar-refractivity contribution >= 4 is 40.3 Å². The number of rotatable bonds is 3. The van der Waals surface area contributed by atoms with Crippen LogP contribution in [-0.2, 0) is 0 Å². The monoisotopic (exact) mass is 381 g/mol. The summed E-state index contributed by atoms with van der Waals surface area (Å²) in [6, 6.07) is 23.3. The van der Waals surface area contributed by atoms with Gasteiger partial charge in [0.1, 0.15) is 0 Å². The molecule has 0 spiro atoms. The van der Waals surface area contributed by atoms with Gasteiger partial charge >= 0.3 is 0 Å². The van der Waals surface area contributed by atoms with E-state index in [1.54, 1.807) is 0 Å². The van der Waals surface area contributed by atoms with Crippen LogP contribution >= 0.6 is 23.2 Å². The zero-order chi connectivity index (χ0) is 18.1. The third-order valence-electron chi connectivity index (χ3n) is 4.52. The lowest BCUT2D eigenvalue weighted by atomic mass is 9.98. The molecule has 1 unspecified atom stereocenters. The van der Waals surface area contributed by atoms with Gasteiger partial charge < -0.3 is 5.73 Å². The first-order valence-electron chi connectivity index (χ1n) is 8.35. The summed E-state index contributed by atoms with van der Waals surface area (Å²) in [6.07, 6.45) is 0.735. The molecule has 1 atom stereocenters. The minimum Gasteiger partial charge on any atom is -0.399 e. The predicted molar refractivity (Wildman–Crippen MR) is 110 cm³/mol. The summed E-state index contributed by atoms with van der Waals surface area (Å²) in [7, 11) is 0. The van der Waals surface area contributed by atoms with Crippen LogP contribution in [0.25, 0.3) is 0 Å². The van der Waals surface area contributed by atoms with Gasteiger partial charge in [-0.2, -0.15) is 5.10 Å². The Morgan fingerprint density at radius 3 is 2.19 bits per heavy atom. The van der Waals surface area contributed by atoms with Crippen LogP contribution in [0.2, 0.25) is 10.0 Å². The second-order valence-electron chi connectivity index (χ2n) is 6.21. The Bertz CT molecular complexity index is 967. The van der Waals surface area contributed by atoms with Crippen molar-refractivity contribution in [3.05, 3.63) is 94.0 Å². The number of halogens is 2. The van der Waals surface area contributed by atoms with Gasteiger partial charge in [0.25, 0.3) is 0 Å². The third-order valence-corrected chi connectivity index (χ3v) is 5.18. The molecule has 0 amide bonds. The van der Waals surface area contributed by atoms with Crippen molar-refractivity contribution in [1.29, 1.82) is 0 Å². The van der Waals surface area contributed by atoms with Gasteiger partial charge in [-0.15, -0.1) is 0 Å². The predicted octanol–water partition coefficient (Wildman–Crippen LogP) is 5.93. The second-order valence-corrected chi connectivity index (χ2v) is 7.02. The molecule has 4 rings (SSSR count). The summed E-state index contributed by atoms with van der Waals surface area (Å²) in [5.74, 6) is 0. The molecule has 3 aromatic rings. The first-order chi connectivity index (χ1) is 12.6. The molecule has 0 aliphatic carbocycles. The van der Waals surface area contributed by atoms with Gasteiger partial charge in [-0.1, -0.05) is 65.7 Å². The number of para-hydroxylation sites is 1. The van der Waals surface area contributed by atoms with Gasteiger partial charge in [0, 0.05) is 17.1 Å². The Morgan fingerprint density at radius 1 is 0.846 bits per heavy atom. The summed E-state index contributed by atoms with van der Waals surface area (Å²) in [6.45, 7) is 0. The third kappa shape index (κ3) is 3.16. The second kappa shape index (κ2) is 7.02. The molecule has 1 aliphatic rings. The molecule has 0 fully saturated rings. The van der Waals surface area contributed by atoms with E-state index in [1.807, 2.05) is 77.8 Å². The van der Waals surface area contributed by atoms with Crippen LogP contribution in [0.15, 0.2) is 77.9 Å². The van der Waals surface area contributed by atoms with Crippen molar-refractivity contribution in [2.24, 2.45) is 5.10 Å². The highest BCUT2D eigenvalue weighted by atomic mass is 35.5. The van der Waals surface area contributed by atoms with Crippen molar-refractivity contribution in [2.75, 3.05) is 10.7 Å². The molecular formula is C21H17Cl2N3. The lowest BCUT2D eigenvalue weighted by Crippen LogP contribution is -2.19. The van der Waals surface area contributed by atoms with E-state index in [9.17, 15) is 0 Å². The van der Waals surface area contributed by atoms with Crippen LogP contribution in [0.1, 0.15) is 23.6 Å². The number of hydrogen-bond acceptors (Lipinski definition) is 3. The molecule has 130 valence electrons. The van der Waals surface area contributed by atoms with Crippen LogP contribution in [0.5, 0.6) is 0 Å². The van der Waals surface area contributed by atoms with Crippen LogP contribution in [0.4, 0.5) is 11.4 Å². The van der Waals surface area contributed by atoms with Crippen molar-refractivity contribution in [3.8, 4) is 0 Å². The van der Waals surface area contributed by atoms with Gasteiger partial charge in [-0.3, -0.25) is 5.01 Å². The Balaban J connectivity index is 1.80. The first kappa shape index (κ1) is 17.0. The molecule has 0 bridgehead atoms. The minimum absolute atomic E-state index is 0.0175. The van der Waals surface area contributed by atoms with E-state index in [1.165, 1.54) is 0 Å². The molecule has 0 saturated carbocycles. The molecule has 5 heteroatoms. The van der Waals surface area contributed by atoms with E-state index in [4.69, 9.17) is 34.0 Å². The Morgan fingerprint density at radius 2 is 1.50 bits per heavy atom. The summed E-state index contributed by atoms with van der Waals surface area (Å²) >= 11 is 12.9. The average molecular weight is 382 g/mol. The van der Waals surface area contributed by atoms with Crippen LogP contribution in [-0.4, -0.2) is 5.71 Å². The highest BCUT2D eigenvalue weighted by molar-refractivity contribution is 6.33. The van der Waals surface area contributed by atoms with Crippen LogP contribution in [0.3, 0.4) is 0 Å². The topological polar surface area (TPSA) is 41.6 Å². The standard InChI is InChI=1S/C21H17Cl2N3/c22-17-6-2-1-5-16(17)21-13-19(14-9-11-15(24)12-10-14)25-26(21)20-8-4-3-7-18(20)23/h1-12,21H,13,24H2. The van der Waals surface area contributed by atoms with Crippen molar-refractivity contribution < 1.29 is 0 Å². The lowest BCUT2D eigenvalue weighted by Gasteiger charge is -2.25. The van der Waals surface area contributed by atoms with Gasteiger partial charge in [0.15, 0.2) is 0 Å². The molecule has 0 aromatic heterocycles. The fourth-order valence-corrected chi connectivity index (χ4v) is 3.69. The number of hydrogen-bond donors (Lipinski definition) is 1. The van der Waals surface area contributed by atoms with Crippen molar-refractivity contribution in [3.63, 3.8) is 0 Å². The maximum absolute atomic E-state index is 6.48. The largest absolute Gasteiger partial charge is 0.399 e. The highest BCUT2D eigenvalue weighted by Crippen LogP contribution is 2.41. The normalized spacial score (nSPS) is 16.6. The highest BCUT2D eigenvalue weighted by Gasteiger charge is 2.32. The fraction of sp³-hybridized carbons (Fsp3) is 0.0952. The Hall–Kier alpha value is -2.49. The van der Waals surface area contributed by atoms with E-state index < -0.39 is 0 Å². The molecule has 3 nitrogen and oxygen atoms in total. The Labute approximate surface area is 162 Å². The van der Waals surface area contributed by atoms with Crippen molar-refractivity contribution in [1.82, 2.24) is 0 Å². The fourth-order valence-electron chi connectivity index (χ4n) is 3.21. The van der Waals surface area contributed by atoms with E-state index in [0.29, 0.717) is 5.02 Å². The minimum atomic E-state index is -0.0175. The summed E-state index contributed by atoms with van der Waals surface area (Å²) < 4.78 is 0. The van der Waals surface area contributed by atoms with Gasteiger partial charge in [0.2, 0.25) is 0 Å². The molecule has 26 heavy (non-hydrogen) atoms. The molecule has 3 aromatic carbocycles. The molecule has 1 heterocycles. The van der Waals surface area contributed by atoms with Crippen molar-refractivity contribution in [2.45, 2.75) is 12.5 Å². The van der Waals surface area contributed by atoms with E-state index >= 15 is 0 Å². The molecule has 1 aliphatic heterocycles. The lowest BCUT2D eigenvalue weighted by molar-refractivity contribution is 0.709. The first-order valence-corrected chi connectivity index (χ1v) is 9.10. The van der Waals surface area contributed by atoms with Gasteiger partial charge in [0.05, 0.1) is 22.5 Å². The SMILES string of the molecule is Nc1ccc(C2=NN(c3ccccc3Cl)C(c3ccccc3Cl)C2)cc1. The van der Waals surface area contributed by atoms with E-state index in [-0.39, 0.29) is 6.04 Å². The number of nitrogens with zero attached hydrogens (tertiary/aromatic N) is 2. The summed E-state index contributed by atoms with van der Waals surface area (Å²) in [5, 5.41) is 8.24. The number of benzene rings is 3. The number of nitrogens with two attached hydrogens (primary N) is 1. The van der Waals surface area contributed by atoms with Gasteiger partial charge in [-0.25, -0.2) is 0 Å². The molecule has 2 N–H and O–H groups in total. The summed E-state index contributed by atoms with van der Waals surface area (Å²) in [5.41, 5.74) is 10.5. The summed E-state index contributed by atoms with van der Waals surface area (Å²) in [4.78, 5) is 0. The molecular weight excluding hydrogens is 365 g/mol. The van der Waals surface area contributed by atoms with E-state index in [0.717, 1.165) is 39.7 Å². The van der Waals surface area contributed by atoms with E-state index in [2.05, 4.69) is 0 Å². The average Bonchev–Trinajstić information content (AvgIpc) is 3.08.